The van der Waals surface area contributed by atoms with Crippen LogP contribution in [0.2, 0.25) is 0 Å². The highest BCUT2D eigenvalue weighted by Gasteiger charge is 2.17. The van der Waals surface area contributed by atoms with Crippen LogP contribution in [0, 0.1) is 0 Å². The van der Waals surface area contributed by atoms with Crippen molar-refractivity contribution in [3.05, 3.63) is 47.5 Å². The number of hydrogen-bond acceptors (Lipinski definition) is 4. The van der Waals surface area contributed by atoms with Crippen molar-refractivity contribution in [3.8, 4) is 0 Å². The first-order chi connectivity index (χ1) is 13.9. The van der Waals surface area contributed by atoms with E-state index in [1.165, 1.54) is 11.3 Å². The maximum Gasteiger partial charge on any atom is 0.267 e. The van der Waals surface area contributed by atoms with Crippen molar-refractivity contribution in [2.75, 3.05) is 0 Å². The lowest BCUT2D eigenvalue weighted by Crippen LogP contribution is -2.41. The summed E-state index contributed by atoms with van der Waals surface area (Å²) >= 11 is 1.54. The Kier molecular flexibility index (Phi) is 5.14. The Labute approximate surface area is 171 Å². The van der Waals surface area contributed by atoms with Gasteiger partial charge < -0.3 is 20.2 Å². The molecule has 0 aliphatic rings. The number of carbonyl (C=O) groups excluding carboxylic acids is 2. The first-order valence-electron chi connectivity index (χ1n) is 9.54. The number of fused-ring (bicyclic) bond motifs is 2. The molecule has 4 heterocycles. The minimum atomic E-state index is -0.148. The monoisotopic (exact) mass is 412 g/mol. The van der Waals surface area contributed by atoms with Crippen LogP contribution in [0.15, 0.2) is 36.1 Å². The Balaban J connectivity index is 1.26. The van der Waals surface area contributed by atoms with E-state index < -0.39 is 0 Å². The number of thiazole rings is 1. The van der Waals surface area contributed by atoms with Gasteiger partial charge in [0, 0.05) is 43.1 Å². The van der Waals surface area contributed by atoms with Gasteiger partial charge in [0.15, 0.2) is 4.96 Å². The zero-order valence-corrected chi connectivity index (χ0v) is 17.4. The largest absolute Gasteiger partial charge is 0.353 e. The number of carbonyl (C=O) groups is 2. The van der Waals surface area contributed by atoms with Crippen LogP contribution >= 0.6 is 11.3 Å². The molecule has 0 spiro atoms. The number of aryl methyl sites for hydroxylation is 1. The summed E-state index contributed by atoms with van der Waals surface area (Å²) in [6.45, 7) is 3.88. The fourth-order valence-electron chi connectivity index (χ4n) is 3.57. The molecule has 152 valence electrons. The fraction of sp³-hybridized carbons (Fsp3) is 0.350. The van der Waals surface area contributed by atoms with Crippen LogP contribution in [0.3, 0.4) is 0 Å². The van der Waals surface area contributed by atoms with Gasteiger partial charge in [0.25, 0.3) is 5.91 Å². The second-order valence-corrected chi connectivity index (χ2v) is 8.36. The van der Waals surface area contributed by atoms with Gasteiger partial charge in [-0.05, 0) is 32.4 Å². The average Bonchev–Trinajstić information content (AvgIpc) is 3.36. The maximum atomic E-state index is 12.5. The summed E-state index contributed by atoms with van der Waals surface area (Å²) in [7, 11) is 1.94. The molecule has 29 heavy (non-hydrogen) atoms. The van der Waals surface area contributed by atoms with Gasteiger partial charge in [-0.15, -0.1) is 11.3 Å². The van der Waals surface area contributed by atoms with Crippen molar-refractivity contribution >= 4 is 39.1 Å². The molecule has 0 radical (unpaired) electrons. The van der Waals surface area contributed by atoms with Gasteiger partial charge >= 0.3 is 0 Å². The number of aromatic nitrogens is 4. The van der Waals surface area contributed by atoms with Crippen LogP contribution < -0.4 is 10.6 Å². The molecule has 8 nitrogen and oxygen atoms in total. The fourth-order valence-corrected chi connectivity index (χ4v) is 4.29. The molecule has 2 unspecified atom stereocenters. The molecule has 3 N–H and O–H groups in total. The topological polar surface area (TPSA) is 96.2 Å². The first kappa shape index (κ1) is 19.3. The van der Waals surface area contributed by atoms with Gasteiger partial charge in [0.2, 0.25) is 5.91 Å². The average molecular weight is 413 g/mol. The Bertz CT molecular complexity index is 1140. The van der Waals surface area contributed by atoms with E-state index >= 15 is 0 Å². The number of imidazole rings is 1. The minimum absolute atomic E-state index is 0.0655. The van der Waals surface area contributed by atoms with E-state index in [1.54, 1.807) is 0 Å². The van der Waals surface area contributed by atoms with E-state index in [4.69, 9.17) is 0 Å². The van der Waals surface area contributed by atoms with Gasteiger partial charge in [-0.2, -0.15) is 0 Å². The summed E-state index contributed by atoms with van der Waals surface area (Å²) in [5.41, 5.74) is 3.21. The molecule has 2 amide bonds. The van der Waals surface area contributed by atoms with Crippen LogP contribution in [0.1, 0.15) is 36.5 Å². The van der Waals surface area contributed by atoms with Crippen molar-refractivity contribution in [3.63, 3.8) is 0 Å². The lowest BCUT2D eigenvalue weighted by atomic mass is 10.1. The van der Waals surface area contributed by atoms with Crippen LogP contribution in [0.25, 0.3) is 16.0 Å². The number of rotatable bonds is 7. The molecule has 0 bridgehead atoms. The molecule has 4 aromatic rings. The number of nitrogens with zero attached hydrogens (tertiary/aromatic N) is 3. The van der Waals surface area contributed by atoms with Gasteiger partial charge in [-0.3, -0.25) is 14.0 Å². The van der Waals surface area contributed by atoms with Crippen molar-refractivity contribution < 1.29 is 9.59 Å². The van der Waals surface area contributed by atoms with Gasteiger partial charge in [-0.1, -0.05) is 0 Å². The molecular weight excluding hydrogens is 388 g/mol. The Morgan fingerprint density at radius 2 is 2.03 bits per heavy atom. The summed E-state index contributed by atoms with van der Waals surface area (Å²) in [5.74, 6) is -0.220. The maximum absolute atomic E-state index is 12.5. The first-order valence-corrected chi connectivity index (χ1v) is 10.4. The summed E-state index contributed by atoms with van der Waals surface area (Å²) < 4.78 is 3.88. The molecule has 0 fully saturated rings. The third-order valence-electron chi connectivity index (χ3n) is 4.89. The highest BCUT2D eigenvalue weighted by Crippen LogP contribution is 2.16. The van der Waals surface area contributed by atoms with Crippen LogP contribution in [-0.2, 0) is 18.3 Å². The van der Waals surface area contributed by atoms with Crippen molar-refractivity contribution in [1.82, 2.24) is 29.6 Å². The third kappa shape index (κ3) is 4.19. The number of amides is 2. The molecule has 0 aromatic carbocycles. The quantitative estimate of drug-likeness (QED) is 0.435. The Morgan fingerprint density at radius 3 is 2.79 bits per heavy atom. The van der Waals surface area contributed by atoms with Crippen molar-refractivity contribution in [2.24, 2.45) is 7.05 Å². The Morgan fingerprint density at radius 1 is 1.24 bits per heavy atom. The lowest BCUT2D eigenvalue weighted by Gasteiger charge is -2.19. The van der Waals surface area contributed by atoms with Crippen LogP contribution in [0.4, 0.5) is 0 Å². The number of aromatic amines is 1. The lowest BCUT2D eigenvalue weighted by molar-refractivity contribution is -0.121. The zero-order chi connectivity index (χ0) is 20.5. The second kappa shape index (κ2) is 7.75. The minimum Gasteiger partial charge on any atom is -0.353 e. The Hall–Kier alpha value is -3.07. The molecule has 0 saturated carbocycles. The summed E-state index contributed by atoms with van der Waals surface area (Å²) in [6.07, 6.45) is 6.63. The molecule has 0 aliphatic carbocycles. The van der Waals surface area contributed by atoms with Gasteiger partial charge in [0.1, 0.15) is 5.69 Å². The third-order valence-corrected chi connectivity index (χ3v) is 5.66. The molecule has 0 aliphatic heterocycles. The molecule has 4 aromatic heterocycles. The molecule has 0 saturated heterocycles. The smallest absolute Gasteiger partial charge is 0.267 e. The highest BCUT2D eigenvalue weighted by molar-refractivity contribution is 7.15. The standard InChI is InChI=1S/C20H24N6O2S/c1-12(21-18(27)9-14-11-26-6-7-29-20(26)23-14)8-13(2)22-19(28)16-10-17-15(24-16)4-5-25(17)3/h4-7,10-13,24H,8-9H2,1-3H3,(H,21,27)(H,22,28). The van der Waals surface area contributed by atoms with Crippen molar-refractivity contribution in [1.29, 1.82) is 0 Å². The second-order valence-electron chi connectivity index (χ2n) is 7.49. The van der Waals surface area contributed by atoms with E-state index in [1.807, 2.05) is 66.0 Å². The van der Waals surface area contributed by atoms with E-state index in [0.717, 1.165) is 21.7 Å². The van der Waals surface area contributed by atoms with E-state index in [0.29, 0.717) is 12.1 Å². The number of nitrogens with one attached hydrogen (secondary N) is 3. The predicted molar refractivity (Wildman–Crippen MR) is 113 cm³/mol. The summed E-state index contributed by atoms with van der Waals surface area (Å²) in [5, 5.41) is 7.93. The van der Waals surface area contributed by atoms with Crippen LogP contribution in [0.5, 0.6) is 0 Å². The summed E-state index contributed by atoms with van der Waals surface area (Å²) in [6, 6.07) is 3.64. The SMILES string of the molecule is CC(CC(C)NC(=O)c1cc2c(ccn2C)[nH]1)NC(=O)Cc1cn2ccsc2n1. The number of H-pyrrole nitrogens is 1. The van der Waals surface area contributed by atoms with E-state index in [-0.39, 0.29) is 30.3 Å². The molecule has 2 atom stereocenters. The number of hydrogen-bond donors (Lipinski definition) is 3. The van der Waals surface area contributed by atoms with E-state index in [2.05, 4.69) is 20.6 Å². The molecule has 4 rings (SSSR count). The molecule has 9 heteroatoms. The predicted octanol–water partition coefficient (Wildman–Crippen LogP) is 2.47. The van der Waals surface area contributed by atoms with Gasteiger partial charge in [-0.25, -0.2) is 4.98 Å². The van der Waals surface area contributed by atoms with Crippen LogP contribution in [-0.4, -0.2) is 42.8 Å². The van der Waals surface area contributed by atoms with Gasteiger partial charge in [0.05, 0.1) is 23.1 Å². The van der Waals surface area contributed by atoms with E-state index in [9.17, 15) is 9.59 Å². The zero-order valence-electron chi connectivity index (χ0n) is 16.6. The molecular formula is C20H24N6O2S. The normalized spacial score (nSPS) is 13.6. The van der Waals surface area contributed by atoms with Crippen molar-refractivity contribution in [2.45, 2.75) is 38.8 Å². The highest BCUT2D eigenvalue weighted by atomic mass is 32.1. The summed E-state index contributed by atoms with van der Waals surface area (Å²) in [4.78, 5) is 33.2.